The van der Waals surface area contributed by atoms with E-state index in [-0.39, 0.29) is 5.91 Å². The number of nitrogens with zero attached hydrogens (tertiary/aromatic N) is 2. The minimum Gasteiger partial charge on any atom is -0.271 e. The van der Waals surface area contributed by atoms with E-state index in [1.54, 1.807) is 31.2 Å². The molecule has 0 radical (unpaired) electrons. The third kappa shape index (κ3) is 1.65. The van der Waals surface area contributed by atoms with Gasteiger partial charge in [-0.1, -0.05) is 18.2 Å². The van der Waals surface area contributed by atoms with E-state index >= 15 is 0 Å². The second-order valence-corrected chi connectivity index (χ2v) is 3.56. The van der Waals surface area contributed by atoms with Crippen molar-refractivity contribution in [3.8, 4) is 0 Å². The molecule has 1 aliphatic rings. The number of imide groups is 1. The van der Waals surface area contributed by atoms with E-state index in [0.717, 1.165) is 9.96 Å². The van der Waals surface area contributed by atoms with Crippen LogP contribution in [0, 0.1) is 0 Å². The molecule has 0 unspecified atom stereocenters. The lowest BCUT2D eigenvalue weighted by atomic mass is 10.3. The number of urea groups is 1. The summed E-state index contributed by atoms with van der Waals surface area (Å²) < 4.78 is 0. The van der Waals surface area contributed by atoms with Crippen LogP contribution < -0.4 is 5.06 Å². The summed E-state index contributed by atoms with van der Waals surface area (Å²) in [6, 6.07) is 8.45. The van der Waals surface area contributed by atoms with Crippen molar-refractivity contribution in [2.75, 3.05) is 12.1 Å². The second kappa shape index (κ2) is 3.94. The molecular formula is C11H12N2O3. The monoisotopic (exact) mass is 220 g/mol. The average Bonchev–Trinajstić information content (AvgIpc) is 2.32. The smallest absolute Gasteiger partial charge is 0.271 e. The lowest BCUT2D eigenvalue weighted by Crippen LogP contribution is -2.55. The van der Waals surface area contributed by atoms with Crippen molar-refractivity contribution in [1.82, 2.24) is 4.90 Å². The van der Waals surface area contributed by atoms with Crippen LogP contribution in [-0.2, 0) is 9.63 Å². The number of hydroxylamine groups is 1. The molecule has 0 saturated carbocycles. The number of anilines is 1. The maximum Gasteiger partial charge on any atom is 0.355 e. The zero-order chi connectivity index (χ0) is 11.7. The Morgan fingerprint density at radius 1 is 1.19 bits per heavy atom. The fraction of sp³-hybridized carbons (Fsp3) is 0.273. The van der Waals surface area contributed by atoms with Crippen LogP contribution in [0.1, 0.15) is 6.92 Å². The van der Waals surface area contributed by atoms with Crippen LogP contribution in [0.3, 0.4) is 0 Å². The van der Waals surface area contributed by atoms with Gasteiger partial charge in [-0.15, -0.1) is 0 Å². The molecule has 1 heterocycles. The molecule has 1 aromatic rings. The average molecular weight is 220 g/mol. The molecule has 16 heavy (non-hydrogen) atoms. The van der Waals surface area contributed by atoms with Gasteiger partial charge in [0.1, 0.15) is 0 Å². The van der Waals surface area contributed by atoms with E-state index in [0.29, 0.717) is 5.69 Å². The highest BCUT2D eigenvalue weighted by atomic mass is 16.7. The quantitative estimate of drug-likeness (QED) is 0.718. The number of benzene rings is 1. The normalized spacial score (nSPS) is 21.5. The van der Waals surface area contributed by atoms with Gasteiger partial charge in [-0.2, -0.15) is 5.06 Å². The van der Waals surface area contributed by atoms with Gasteiger partial charge in [0, 0.05) is 7.05 Å². The zero-order valence-electron chi connectivity index (χ0n) is 9.08. The van der Waals surface area contributed by atoms with E-state index in [1.807, 2.05) is 6.07 Å². The van der Waals surface area contributed by atoms with Crippen LogP contribution in [0.25, 0.3) is 0 Å². The predicted molar refractivity (Wildman–Crippen MR) is 57.6 cm³/mol. The summed E-state index contributed by atoms with van der Waals surface area (Å²) in [5.74, 6) is -0.336. The SMILES string of the molecule is C[C@H]1ON(c2ccccc2)C(=O)N(C)C1=O. The number of amides is 3. The van der Waals surface area contributed by atoms with Gasteiger partial charge in [0.2, 0.25) is 0 Å². The van der Waals surface area contributed by atoms with E-state index in [2.05, 4.69) is 0 Å². The lowest BCUT2D eigenvalue weighted by molar-refractivity contribution is -0.143. The van der Waals surface area contributed by atoms with Crippen LogP contribution in [0.4, 0.5) is 10.5 Å². The number of hydrogen-bond acceptors (Lipinski definition) is 3. The number of carbonyl (C=O) groups excluding carboxylic acids is 2. The molecule has 84 valence electrons. The number of likely N-dealkylation sites (N-methyl/N-ethyl adjacent to an activating group) is 1. The molecule has 1 aliphatic heterocycles. The van der Waals surface area contributed by atoms with Crippen molar-refractivity contribution in [3.05, 3.63) is 30.3 Å². The van der Waals surface area contributed by atoms with Gasteiger partial charge in [0.15, 0.2) is 6.10 Å². The predicted octanol–water partition coefficient (Wildman–Crippen LogP) is 1.41. The number of carbonyl (C=O) groups is 2. The van der Waals surface area contributed by atoms with Gasteiger partial charge in [-0.05, 0) is 19.1 Å². The third-order valence-electron chi connectivity index (χ3n) is 2.39. The first kappa shape index (κ1) is 10.6. The lowest BCUT2D eigenvalue weighted by Gasteiger charge is -2.34. The molecule has 0 bridgehead atoms. The maximum absolute atomic E-state index is 11.8. The van der Waals surface area contributed by atoms with Crippen molar-refractivity contribution in [1.29, 1.82) is 0 Å². The summed E-state index contributed by atoms with van der Waals surface area (Å²) in [4.78, 5) is 29.6. The van der Waals surface area contributed by atoms with E-state index in [4.69, 9.17) is 4.84 Å². The molecule has 3 amide bonds. The minimum atomic E-state index is -0.650. The fourth-order valence-electron chi connectivity index (χ4n) is 1.49. The molecule has 1 saturated heterocycles. The Kier molecular flexibility index (Phi) is 2.62. The highest BCUT2D eigenvalue weighted by Crippen LogP contribution is 2.21. The molecule has 5 heteroatoms. The van der Waals surface area contributed by atoms with Crippen LogP contribution >= 0.6 is 0 Å². The summed E-state index contributed by atoms with van der Waals surface area (Å²) in [7, 11) is 1.44. The Morgan fingerprint density at radius 3 is 2.44 bits per heavy atom. The Labute approximate surface area is 93.2 Å². The van der Waals surface area contributed by atoms with Crippen molar-refractivity contribution < 1.29 is 14.4 Å². The minimum absolute atomic E-state index is 0.336. The summed E-state index contributed by atoms with van der Waals surface area (Å²) in [6.45, 7) is 1.61. The van der Waals surface area contributed by atoms with Gasteiger partial charge in [0.25, 0.3) is 5.91 Å². The highest BCUT2D eigenvalue weighted by molar-refractivity contribution is 6.04. The molecule has 0 spiro atoms. The summed E-state index contributed by atoms with van der Waals surface area (Å²) in [5, 5.41) is 1.13. The van der Waals surface area contributed by atoms with Crippen molar-refractivity contribution in [2.24, 2.45) is 0 Å². The van der Waals surface area contributed by atoms with Crippen LogP contribution in [0.15, 0.2) is 30.3 Å². The summed E-state index contributed by atoms with van der Waals surface area (Å²) in [5.41, 5.74) is 0.610. The van der Waals surface area contributed by atoms with E-state index in [9.17, 15) is 9.59 Å². The fourth-order valence-corrected chi connectivity index (χ4v) is 1.49. The molecule has 1 fully saturated rings. The Balaban J connectivity index is 2.30. The Morgan fingerprint density at radius 2 is 1.81 bits per heavy atom. The van der Waals surface area contributed by atoms with E-state index < -0.39 is 12.1 Å². The molecular weight excluding hydrogens is 208 g/mol. The Hall–Kier alpha value is -1.88. The van der Waals surface area contributed by atoms with Gasteiger partial charge in [-0.3, -0.25) is 14.5 Å². The summed E-state index contributed by atoms with van der Waals surface area (Å²) in [6.07, 6.45) is -0.650. The maximum atomic E-state index is 11.8. The Bertz CT molecular complexity index is 418. The number of hydrogen-bond donors (Lipinski definition) is 0. The number of para-hydroxylation sites is 1. The standard InChI is InChI=1S/C11H12N2O3/c1-8-10(14)12(2)11(15)13(16-8)9-6-4-3-5-7-9/h3-8H,1-2H3/t8-/m1/s1. The van der Waals surface area contributed by atoms with Crippen LogP contribution in [0.2, 0.25) is 0 Å². The first-order chi connectivity index (χ1) is 7.61. The third-order valence-corrected chi connectivity index (χ3v) is 2.39. The first-order valence-corrected chi connectivity index (χ1v) is 4.94. The molecule has 0 N–H and O–H groups in total. The van der Waals surface area contributed by atoms with Gasteiger partial charge in [0.05, 0.1) is 5.69 Å². The van der Waals surface area contributed by atoms with Crippen molar-refractivity contribution >= 4 is 17.6 Å². The van der Waals surface area contributed by atoms with Crippen molar-refractivity contribution in [3.63, 3.8) is 0 Å². The first-order valence-electron chi connectivity index (χ1n) is 4.94. The van der Waals surface area contributed by atoms with Crippen LogP contribution in [-0.4, -0.2) is 30.0 Å². The largest absolute Gasteiger partial charge is 0.355 e. The van der Waals surface area contributed by atoms with Crippen molar-refractivity contribution in [2.45, 2.75) is 13.0 Å². The van der Waals surface area contributed by atoms with Gasteiger partial charge in [-0.25, -0.2) is 4.79 Å². The molecule has 1 aromatic carbocycles. The zero-order valence-corrected chi connectivity index (χ0v) is 9.08. The summed E-state index contributed by atoms with van der Waals surface area (Å²) >= 11 is 0. The van der Waals surface area contributed by atoms with Crippen LogP contribution in [0.5, 0.6) is 0 Å². The molecule has 0 aromatic heterocycles. The highest BCUT2D eigenvalue weighted by Gasteiger charge is 2.36. The molecule has 1 atom stereocenters. The molecule has 5 nitrogen and oxygen atoms in total. The molecule has 2 rings (SSSR count). The molecule has 0 aliphatic carbocycles. The van der Waals surface area contributed by atoms with Gasteiger partial charge >= 0.3 is 6.03 Å². The van der Waals surface area contributed by atoms with Gasteiger partial charge < -0.3 is 0 Å². The topological polar surface area (TPSA) is 49.9 Å². The number of rotatable bonds is 1. The second-order valence-electron chi connectivity index (χ2n) is 3.56. The van der Waals surface area contributed by atoms with E-state index in [1.165, 1.54) is 7.05 Å².